The zero-order valence-electron chi connectivity index (χ0n) is 13.2. The van der Waals surface area contributed by atoms with Crippen LogP contribution >= 0.6 is 24.8 Å². The van der Waals surface area contributed by atoms with Crippen molar-refractivity contribution in [1.29, 1.82) is 0 Å². The summed E-state index contributed by atoms with van der Waals surface area (Å²) in [5, 5.41) is 3.25. The van der Waals surface area contributed by atoms with Gasteiger partial charge in [0.05, 0.1) is 0 Å². The molecule has 1 fully saturated rings. The van der Waals surface area contributed by atoms with Gasteiger partial charge in [0.25, 0.3) is 0 Å². The Morgan fingerprint density at radius 2 is 1.83 bits per heavy atom. The van der Waals surface area contributed by atoms with Crippen molar-refractivity contribution in [3.63, 3.8) is 0 Å². The zero-order valence-corrected chi connectivity index (χ0v) is 14.8. The summed E-state index contributed by atoms with van der Waals surface area (Å²) in [5.74, 6) is -0.239. The molecule has 1 aromatic rings. The van der Waals surface area contributed by atoms with E-state index in [0.717, 1.165) is 38.2 Å². The van der Waals surface area contributed by atoms with Gasteiger partial charge in [-0.05, 0) is 24.1 Å². The molecule has 1 aromatic carbocycles. The number of rotatable bonds is 6. The molecule has 1 aliphatic heterocycles. The molecule has 140 valence electrons. The molecule has 1 atom stereocenters. The number of benzene rings is 1. The number of hydrogen-bond donors (Lipinski definition) is 1. The van der Waals surface area contributed by atoms with Gasteiger partial charge in [0.2, 0.25) is 0 Å². The summed E-state index contributed by atoms with van der Waals surface area (Å²) in [4.78, 5) is 2.25. The first kappa shape index (κ1) is 23.2. The Balaban J connectivity index is 0.00000264. The second kappa shape index (κ2) is 10.3. The molecular weight excluding hydrogens is 371 g/mol. The van der Waals surface area contributed by atoms with Crippen molar-refractivity contribution < 1.29 is 22.3 Å². The monoisotopic (exact) mass is 392 g/mol. The predicted molar refractivity (Wildman–Crippen MR) is 90.0 cm³/mol. The first-order valence-electron chi connectivity index (χ1n) is 7.33. The lowest BCUT2D eigenvalue weighted by Crippen LogP contribution is -2.45. The van der Waals surface area contributed by atoms with E-state index < -0.39 is 12.5 Å². The molecule has 24 heavy (non-hydrogen) atoms. The summed E-state index contributed by atoms with van der Waals surface area (Å²) in [7, 11) is 0. The van der Waals surface area contributed by atoms with Crippen LogP contribution in [-0.2, 0) is 0 Å². The van der Waals surface area contributed by atoms with Gasteiger partial charge < -0.3 is 10.1 Å². The highest BCUT2D eigenvalue weighted by Crippen LogP contribution is 2.31. The lowest BCUT2D eigenvalue weighted by molar-refractivity contribution is -0.253. The SMILES string of the molecule is CC[C@@H](c1cccc(OC(F)(F)C(F)F)c1)N1CCNCC1.Cl.Cl. The van der Waals surface area contributed by atoms with E-state index in [1.54, 1.807) is 6.07 Å². The minimum absolute atomic E-state index is 0. The predicted octanol–water partition coefficient (Wildman–Crippen LogP) is 4.12. The third kappa shape index (κ3) is 5.95. The van der Waals surface area contributed by atoms with Gasteiger partial charge in [0, 0.05) is 32.2 Å². The average Bonchev–Trinajstić information content (AvgIpc) is 2.49. The van der Waals surface area contributed by atoms with E-state index in [2.05, 4.69) is 15.0 Å². The third-order valence-electron chi connectivity index (χ3n) is 3.73. The first-order chi connectivity index (χ1) is 10.4. The van der Waals surface area contributed by atoms with E-state index in [1.165, 1.54) is 12.1 Å². The molecule has 0 bridgehead atoms. The minimum Gasteiger partial charge on any atom is -0.428 e. The van der Waals surface area contributed by atoms with Gasteiger partial charge in [-0.2, -0.15) is 17.6 Å². The average molecular weight is 393 g/mol. The molecule has 0 spiro atoms. The molecule has 0 amide bonds. The Morgan fingerprint density at radius 3 is 2.38 bits per heavy atom. The minimum atomic E-state index is -4.48. The molecular formula is C15H22Cl2F4N2O. The molecule has 0 radical (unpaired) electrons. The van der Waals surface area contributed by atoms with E-state index in [9.17, 15) is 17.6 Å². The maximum Gasteiger partial charge on any atom is 0.461 e. The second-order valence-corrected chi connectivity index (χ2v) is 5.25. The smallest absolute Gasteiger partial charge is 0.428 e. The van der Waals surface area contributed by atoms with Crippen molar-refractivity contribution in [3.05, 3.63) is 29.8 Å². The molecule has 0 aliphatic carbocycles. The molecule has 9 heteroatoms. The molecule has 3 nitrogen and oxygen atoms in total. The van der Waals surface area contributed by atoms with Crippen molar-refractivity contribution in [2.24, 2.45) is 0 Å². The topological polar surface area (TPSA) is 24.5 Å². The summed E-state index contributed by atoms with van der Waals surface area (Å²) in [6.45, 7) is 5.47. The number of nitrogens with zero attached hydrogens (tertiary/aromatic N) is 1. The largest absolute Gasteiger partial charge is 0.461 e. The number of hydrogen-bond acceptors (Lipinski definition) is 3. The molecule has 2 rings (SSSR count). The number of alkyl halides is 4. The summed E-state index contributed by atoms with van der Waals surface area (Å²) in [5.41, 5.74) is 0.798. The van der Waals surface area contributed by atoms with Gasteiger partial charge in [-0.1, -0.05) is 19.1 Å². The van der Waals surface area contributed by atoms with Gasteiger partial charge in [-0.3, -0.25) is 4.90 Å². The standard InChI is InChI=1S/C15H20F4N2O.2ClH/c1-2-13(21-8-6-20-7-9-21)11-4-3-5-12(10-11)22-15(18,19)14(16)17;;/h3-5,10,13-14,20H,2,6-9H2,1H3;2*1H/t13-;;/m0../s1. The fraction of sp³-hybridized carbons (Fsp3) is 0.600. The Bertz CT molecular complexity index is 488. The van der Waals surface area contributed by atoms with E-state index in [0.29, 0.717) is 0 Å². The Labute approximate surface area is 151 Å². The molecule has 1 aliphatic rings. The Hall–Kier alpha value is -0.760. The van der Waals surface area contributed by atoms with Crippen molar-refractivity contribution in [3.8, 4) is 5.75 Å². The van der Waals surface area contributed by atoms with Crippen LogP contribution < -0.4 is 10.1 Å². The van der Waals surface area contributed by atoms with Crippen LogP contribution in [0.2, 0.25) is 0 Å². The van der Waals surface area contributed by atoms with Crippen molar-refractivity contribution in [2.45, 2.75) is 31.9 Å². The van der Waals surface area contributed by atoms with Gasteiger partial charge >= 0.3 is 12.5 Å². The molecule has 1 saturated heterocycles. The van der Waals surface area contributed by atoms with Crippen LogP contribution in [0, 0.1) is 0 Å². The molecule has 0 aromatic heterocycles. The number of nitrogens with one attached hydrogen (secondary N) is 1. The summed E-state index contributed by atoms with van der Waals surface area (Å²) in [6.07, 6.45) is -7.53. The number of ether oxygens (including phenoxy) is 1. The van der Waals surface area contributed by atoms with E-state index >= 15 is 0 Å². The van der Waals surface area contributed by atoms with Crippen LogP contribution in [0.5, 0.6) is 5.75 Å². The Morgan fingerprint density at radius 1 is 1.21 bits per heavy atom. The lowest BCUT2D eigenvalue weighted by atomic mass is 10.0. The van der Waals surface area contributed by atoms with Crippen LogP contribution in [0.15, 0.2) is 24.3 Å². The quantitative estimate of drug-likeness (QED) is 0.736. The fourth-order valence-electron chi connectivity index (χ4n) is 2.69. The van der Waals surface area contributed by atoms with Crippen molar-refractivity contribution in [2.75, 3.05) is 26.2 Å². The van der Waals surface area contributed by atoms with Gasteiger partial charge in [0.15, 0.2) is 0 Å². The van der Waals surface area contributed by atoms with E-state index in [-0.39, 0.29) is 36.6 Å². The summed E-state index contributed by atoms with van der Waals surface area (Å²) in [6, 6.07) is 6.11. The first-order valence-corrected chi connectivity index (χ1v) is 7.33. The molecule has 0 saturated carbocycles. The zero-order chi connectivity index (χ0) is 16.2. The van der Waals surface area contributed by atoms with Gasteiger partial charge in [-0.15, -0.1) is 24.8 Å². The van der Waals surface area contributed by atoms with Gasteiger partial charge in [-0.25, -0.2) is 0 Å². The number of piperazine rings is 1. The highest BCUT2D eigenvalue weighted by atomic mass is 35.5. The summed E-state index contributed by atoms with van der Waals surface area (Å²) < 4.78 is 54.6. The molecule has 0 unspecified atom stereocenters. The Kier molecular flexibility index (Phi) is 9.96. The third-order valence-corrected chi connectivity index (χ3v) is 3.73. The van der Waals surface area contributed by atoms with E-state index in [1.807, 2.05) is 13.0 Å². The van der Waals surface area contributed by atoms with Crippen molar-refractivity contribution in [1.82, 2.24) is 10.2 Å². The maximum absolute atomic E-state index is 13.0. The van der Waals surface area contributed by atoms with Crippen molar-refractivity contribution >= 4 is 24.8 Å². The molecule has 1 N–H and O–H groups in total. The van der Waals surface area contributed by atoms with Crippen LogP contribution in [0.1, 0.15) is 24.9 Å². The summed E-state index contributed by atoms with van der Waals surface area (Å²) >= 11 is 0. The molecule has 1 heterocycles. The fourth-order valence-corrected chi connectivity index (χ4v) is 2.69. The lowest BCUT2D eigenvalue weighted by Gasteiger charge is -2.35. The van der Waals surface area contributed by atoms with E-state index in [4.69, 9.17) is 0 Å². The number of halogens is 6. The maximum atomic E-state index is 13.0. The van der Waals surface area contributed by atoms with Crippen LogP contribution in [-0.4, -0.2) is 43.6 Å². The highest BCUT2D eigenvalue weighted by molar-refractivity contribution is 5.85. The van der Waals surface area contributed by atoms with Crippen LogP contribution in [0.3, 0.4) is 0 Å². The van der Waals surface area contributed by atoms with Crippen LogP contribution in [0.25, 0.3) is 0 Å². The second-order valence-electron chi connectivity index (χ2n) is 5.25. The van der Waals surface area contributed by atoms with Crippen LogP contribution in [0.4, 0.5) is 17.6 Å². The van der Waals surface area contributed by atoms with Gasteiger partial charge in [0.1, 0.15) is 5.75 Å². The normalized spacial score (nSPS) is 16.9. The highest BCUT2D eigenvalue weighted by Gasteiger charge is 2.44.